The molecule has 2 rings (SSSR count). The summed E-state index contributed by atoms with van der Waals surface area (Å²) in [6.45, 7) is 0. The Morgan fingerprint density at radius 3 is 2.48 bits per heavy atom. The Hall–Kier alpha value is -1.63. The highest BCUT2D eigenvalue weighted by Crippen LogP contribution is 2.23. The molecule has 122 valence electrons. The molecular formula is C15H12Cl2FNO3S. The van der Waals surface area contributed by atoms with Crippen molar-refractivity contribution in [2.24, 2.45) is 0 Å². The third-order valence-corrected chi connectivity index (χ3v) is 4.93. The number of para-hydroxylation sites is 1. The number of carbonyl (C=O) groups is 1. The average molecular weight is 376 g/mol. The van der Waals surface area contributed by atoms with E-state index in [-0.39, 0.29) is 10.7 Å². The van der Waals surface area contributed by atoms with Gasteiger partial charge >= 0.3 is 0 Å². The summed E-state index contributed by atoms with van der Waals surface area (Å²) in [5.74, 6) is -2.65. The van der Waals surface area contributed by atoms with Gasteiger partial charge in [-0.15, -0.1) is 0 Å². The van der Waals surface area contributed by atoms with Gasteiger partial charge in [0.1, 0.15) is 11.6 Å². The van der Waals surface area contributed by atoms with Crippen molar-refractivity contribution in [1.82, 2.24) is 0 Å². The monoisotopic (exact) mass is 375 g/mol. The summed E-state index contributed by atoms with van der Waals surface area (Å²) in [4.78, 5) is 11.8. The zero-order valence-corrected chi connectivity index (χ0v) is 14.1. The largest absolute Gasteiger partial charge is 0.323 e. The molecule has 0 bridgehead atoms. The third-order valence-electron chi connectivity index (χ3n) is 2.89. The molecule has 2 aromatic carbocycles. The van der Waals surface area contributed by atoms with Gasteiger partial charge in [-0.2, -0.15) is 0 Å². The van der Waals surface area contributed by atoms with Crippen LogP contribution in [-0.2, 0) is 20.4 Å². The van der Waals surface area contributed by atoms with Crippen molar-refractivity contribution in [3.05, 3.63) is 63.9 Å². The van der Waals surface area contributed by atoms with E-state index in [1.807, 2.05) is 0 Å². The van der Waals surface area contributed by atoms with Gasteiger partial charge in [-0.3, -0.25) is 4.79 Å². The Kier molecular flexibility index (Phi) is 5.62. The number of hydrogen-bond acceptors (Lipinski definition) is 3. The van der Waals surface area contributed by atoms with Gasteiger partial charge < -0.3 is 5.32 Å². The molecule has 23 heavy (non-hydrogen) atoms. The fourth-order valence-electron chi connectivity index (χ4n) is 1.88. The Labute approximate surface area is 143 Å². The van der Waals surface area contributed by atoms with E-state index in [1.165, 1.54) is 36.4 Å². The SMILES string of the molecule is O=C(CS(=O)(=O)Cc1ccc(Cl)cc1Cl)Nc1ccccc1F. The fourth-order valence-corrected chi connectivity index (χ4v) is 3.73. The predicted molar refractivity (Wildman–Crippen MR) is 89.0 cm³/mol. The van der Waals surface area contributed by atoms with Crippen LogP contribution in [0.5, 0.6) is 0 Å². The summed E-state index contributed by atoms with van der Waals surface area (Å²) in [6.07, 6.45) is 0. The Morgan fingerprint density at radius 1 is 1.13 bits per heavy atom. The number of anilines is 1. The van der Waals surface area contributed by atoms with Crippen molar-refractivity contribution in [2.45, 2.75) is 5.75 Å². The molecule has 4 nitrogen and oxygen atoms in total. The minimum Gasteiger partial charge on any atom is -0.323 e. The van der Waals surface area contributed by atoms with Gasteiger partial charge in [-0.05, 0) is 29.8 Å². The topological polar surface area (TPSA) is 63.2 Å². The van der Waals surface area contributed by atoms with Crippen molar-refractivity contribution in [1.29, 1.82) is 0 Å². The normalized spacial score (nSPS) is 11.3. The van der Waals surface area contributed by atoms with E-state index in [0.717, 1.165) is 6.07 Å². The number of hydrogen-bond donors (Lipinski definition) is 1. The molecule has 0 aliphatic rings. The van der Waals surface area contributed by atoms with E-state index < -0.39 is 33.1 Å². The average Bonchev–Trinajstić information content (AvgIpc) is 2.44. The maximum atomic E-state index is 13.4. The van der Waals surface area contributed by atoms with Gasteiger partial charge in [0.2, 0.25) is 5.91 Å². The molecule has 2 aromatic rings. The smallest absolute Gasteiger partial charge is 0.239 e. The number of benzene rings is 2. The molecular weight excluding hydrogens is 364 g/mol. The molecule has 0 unspecified atom stereocenters. The minimum absolute atomic E-state index is 0.0720. The first-order valence-corrected chi connectivity index (χ1v) is 9.03. The van der Waals surface area contributed by atoms with Gasteiger partial charge in [-0.25, -0.2) is 12.8 Å². The molecule has 1 amide bonds. The van der Waals surface area contributed by atoms with E-state index in [1.54, 1.807) is 0 Å². The second kappa shape index (κ2) is 7.29. The number of sulfone groups is 1. The lowest BCUT2D eigenvalue weighted by atomic mass is 10.2. The molecule has 0 radical (unpaired) electrons. The molecule has 0 spiro atoms. The Morgan fingerprint density at radius 2 is 1.83 bits per heavy atom. The second-order valence-electron chi connectivity index (χ2n) is 4.80. The first kappa shape index (κ1) is 17.7. The highest BCUT2D eigenvalue weighted by molar-refractivity contribution is 7.91. The maximum Gasteiger partial charge on any atom is 0.239 e. The molecule has 0 saturated heterocycles. The number of nitrogens with one attached hydrogen (secondary N) is 1. The summed E-state index contributed by atoms with van der Waals surface area (Å²) in [6, 6.07) is 9.92. The van der Waals surface area contributed by atoms with E-state index in [0.29, 0.717) is 10.6 Å². The third kappa shape index (κ3) is 5.20. The molecule has 0 aliphatic heterocycles. The van der Waals surface area contributed by atoms with Crippen LogP contribution in [0.25, 0.3) is 0 Å². The van der Waals surface area contributed by atoms with Crippen LogP contribution in [0, 0.1) is 5.82 Å². The molecule has 0 aliphatic carbocycles. The van der Waals surface area contributed by atoms with E-state index >= 15 is 0 Å². The number of amides is 1. The summed E-state index contributed by atoms with van der Waals surface area (Å²) in [5, 5.41) is 2.82. The van der Waals surface area contributed by atoms with E-state index in [4.69, 9.17) is 23.2 Å². The van der Waals surface area contributed by atoms with Crippen LogP contribution in [0.3, 0.4) is 0 Å². The van der Waals surface area contributed by atoms with Gasteiger partial charge in [0.15, 0.2) is 9.84 Å². The summed E-state index contributed by atoms with van der Waals surface area (Å²) >= 11 is 11.7. The van der Waals surface area contributed by atoms with Crippen LogP contribution < -0.4 is 5.32 Å². The van der Waals surface area contributed by atoms with E-state index in [2.05, 4.69) is 5.32 Å². The molecule has 1 N–H and O–H groups in total. The van der Waals surface area contributed by atoms with Gasteiger partial charge in [0.25, 0.3) is 0 Å². The lowest BCUT2D eigenvalue weighted by molar-refractivity contribution is -0.113. The Bertz CT molecular complexity index is 840. The molecule has 8 heteroatoms. The molecule has 0 fully saturated rings. The molecule has 0 saturated carbocycles. The lowest BCUT2D eigenvalue weighted by Crippen LogP contribution is -2.24. The Balaban J connectivity index is 2.06. The maximum absolute atomic E-state index is 13.4. The van der Waals surface area contributed by atoms with Crippen molar-refractivity contribution in [3.8, 4) is 0 Å². The van der Waals surface area contributed by atoms with Crippen LogP contribution in [0.4, 0.5) is 10.1 Å². The van der Waals surface area contributed by atoms with Gasteiger partial charge in [-0.1, -0.05) is 41.4 Å². The van der Waals surface area contributed by atoms with Gasteiger partial charge in [0.05, 0.1) is 11.4 Å². The minimum atomic E-state index is -3.76. The zero-order valence-electron chi connectivity index (χ0n) is 11.7. The van der Waals surface area contributed by atoms with Gasteiger partial charge in [0, 0.05) is 10.0 Å². The van der Waals surface area contributed by atoms with E-state index in [9.17, 15) is 17.6 Å². The van der Waals surface area contributed by atoms with Crippen LogP contribution in [-0.4, -0.2) is 20.1 Å². The van der Waals surface area contributed by atoms with Crippen molar-refractivity contribution in [2.75, 3.05) is 11.1 Å². The van der Waals surface area contributed by atoms with Crippen LogP contribution >= 0.6 is 23.2 Å². The second-order valence-corrected chi connectivity index (χ2v) is 7.70. The van der Waals surface area contributed by atoms with Crippen LogP contribution in [0.1, 0.15) is 5.56 Å². The zero-order chi connectivity index (χ0) is 17.0. The molecule has 0 atom stereocenters. The highest BCUT2D eigenvalue weighted by Gasteiger charge is 2.19. The molecule has 0 heterocycles. The predicted octanol–water partition coefficient (Wildman–Crippen LogP) is 3.69. The number of rotatable bonds is 5. The van der Waals surface area contributed by atoms with Crippen LogP contribution in [0.15, 0.2) is 42.5 Å². The quantitative estimate of drug-likeness (QED) is 0.866. The van der Waals surface area contributed by atoms with Crippen LogP contribution in [0.2, 0.25) is 10.0 Å². The summed E-state index contributed by atoms with van der Waals surface area (Å²) < 4.78 is 37.6. The molecule has 0 aromatic heterocycles. The number of halogens is 3. The summed E-state index contributed by atoms with van der Waals surface area (Å²) in [5.41, 5.74) is 0.270. The standard InChI is InChI=1S/C15H12Cl2FNO3S/c16-11-6-5-10(12(17)7-11)8-23(21,22)9-15(20)19-14-4-2-1-3-13(14)18/h1-7H,8-9H2,(H,19,20). The van der Waals surface area contributed by atoms with Crippen molar-refractivity contribution in [3.63, 3.8) is 0 Å². The van der Waals surface area contributed by atoms with Crippen molar-refractivity contribution < 1.29 is 17.6 Å². The first-order valence-electron chi connectivity index (χ1n) is 6.45. The summed E-state index contributed by atoms with van der Waals surface area (Å²) in [7, 11) is -3.76. The lowest BCUT2D eigenvalue weighted by Gasteiger charge is -2.08. The van der Waals surface area contributed by atoms with Crippen molar-refractivity contribution >= 4 is 44.6 Å². The fraction of sp³-hybridized carbons (Fsp3) is 0.133. The highest BCUT2D eigenvalue weighted by atomic mass is 35.5. The first-order chi connectivity index (χ1) is 10.8. The number of carbonyl (C=O) groups excluding carboxylic acids is 1.